The zero-order chi connectivity index (χ0) is 14.5. The fourth-order valence-electron chi connectivity index (χ4n) is 1.98. The first-order valence-corrected chi connectivity index (χ1v) is 6.15. The molecule has 2 rings (SSSR count). The summed E-state index contributed by atoms with van der Waals surface area (Å²) in [6.07, 6.45) is -1.05. The van der Waals surface area contributed by atoms with Gasteiger partial charge in [-0.15, -0.1) is 0 Å². The van der Waals surface area contributed by atoms with Gasteiger partial charge in [0, 0.05) is 12.7 Å². The standard InChI is InChI=1S/C15H15NO4/c1-20-13(15(18)19)9-16-14(17)12-8-4-6-10-5-2-3-7-11(10)12/h2-8,13H,9H2,1H3,(H,16,17)(H,18,19). The number of carboxylic acid groups (broad SMARTS) is 1. The highest BCUT2D eigenvalue weighted by atomic mass is 16.5. The molecule has 5 heteroatoms. The van der Waals surface area contributed by atoms with Crippen molar-refractivity contribution >= 4 is 22.6 Å². The zero-order valence-corrected chi connectivity index (χ0v) is 11.0. The van der Waals surface area contributed by atoms with E-state index in [1.807, 2.05) is 30.3 Å². The van der Waals surface area contributed by atoms with Crippen LogP contribution in [0.25, 0.3) is 10.8 Å². The van der Waals surface area contributed by atoms with E-state index >= 15 is 0 Å². The van der Waals surface area contributed by atoms with Gasteiger partial charge in [0.2, 0.25) is 0 Å². The molecule has 0 fully saturated rings. The van der Waals surface area contributed by atoms with Crippen LogP contribution in [-0.4, -0.2) is 36.7 Å². The number of aliphatic carboxylic acids is 1. The Hall–Kier alpha value is -2.40. The van der Waals surface area contributed by atoms with Gasteiger partial charge in [-0.3, -0.25) is 4.79 Å². The Morgan fingerprint density at radius 1 is 1.20 bits per heavy atom. The predicted molar refractivity (Wildman–Crippen MR) is 74.7 cm³/mol. The molecule has 5 nitrogen and oxygen atoms in total. The number of nitrogens with one attached hydrogen (secondary N) is 1. The lowest BCUT2D eigenvalue weighted by atomic mass is 10.0. The number of methoxy groups -OCH3 is 1. The van der Waals surface area contributed by atoms with Crippen LogP contribution in [0, 0.1) is 0 Å². The third kappa shape index (κ3) is 2.95. The van der Waals surface area contributed by atoms with E-state index in [4.69, 9.17) is 9.84 Å². The number of carbonyl (C=O) groups is 2. The van der Waals surface area contributed by atoms with E-state index in [-0.39, 0.29) is 12.5 Å². The first kappa shape index (κ1) is 14.0. The molecule has 0 spiro atoms. The topological polar surface area (TPSA) is 75.6 Å². The van der Waals surface area contributed by atoms with Crippen LogP contribution in [-0.2, 0) is 9.53 Å². The van der Waals surface area contributed by atoms with E-state index in [1.54, 1.807) is 12.1 Å². The van der Waals surface area contributed by atoms with Gasteiger partial charge in [0.1, 0.15) is 0 Å². The number of fused-ring (bicyclic) bond motifs is 1. The number of carboxylic acids is 1. The monoisotopic (exact) mass is 273 g/mol. The van der Waals surface area contributed by atoms with E-state index in [1.165, 1.54) is 7.11 Å². The third-order valence-corrected chi connectivity index (χ3v) is 3.04. The SMILES string of the molecule is COC(CNC(=O)c1cccc2ccccc12)C(=O)O. The average Bonchev–Trinajstić information content (AvgIpc) is 2.46. The molecule has 0 saturated heterocycles. The lowest BCUT2D eigenvalue weighted by Gasteiger charge is -2.12. The van der Waals surface area contributed by atoms with Gasteiger partial charge in [-0.05, 0) is 16.8 Å². The predicted octanol–water partition coefficient (Wildman–Crippen LogP) is 1.67. The smallest absolute Gasteiger partial charge is 0.334 e. The molecule has 20 heavy (non-hydrogen) atoms. The number of carbonyl (C=O) groups excluding carboxylic acids is 1. The van der Waals surface area contributed by atoms with E-state index in [2.05, 4.69) is 5.32 Å². The third-order valence-electron chi connectivity index (χ3n) is 3.04. The number of hydrogen-bond donors (Lipinski definition) is 2. The van der Waals surface area contributed by atoms with E-state index in [0.717, 1.165) is 10.8 Å². The number of rotatable bonds is 5. The number of ether oxygens (including phenoxy) is 1. The summed E-state index contributed by atoms with van der Waals surface area (Å²) >= 11 is 0. The fourth-order valence-corrected chi connectivity index (χ4v) is 1.98. The second kappa shape index (κ2) is 6.16. The van der Waals surface area contributed by atoms with E-state index < -0.39 is 12.1 Å². The molecule has 2 aromatic rings. The van der Waals surface area contributed by atoms with Gasteiger partial charge < -0.3 is 15.2 Å². The van der Waals surface area contributed by atoms with E-state index in [9.17, 15) is 9.59 Å². The van der Waals surface area contributed by atoms with Gasteiger partial charge in [-0.25, -0.2) is 4.79 Å². The maximum absolute atomic E-state index is 12.1. The molecule has 104 valence electrons. The Bertz CT molecular complexity index is 633. The molecule has 0 saturated carbocycles. The molecule has 0 aliphatic heterocycles. The van der Waals surface area contributed by atoms with Crippen molar-refractivity contribution in [1.29, 1.82) is 0 Å². The fraction of sp³-hybridized carbons (Fsp3) is 0.200. The van der Waals surface area contributed by atoms with Crippen LogP contribution in [0.4, 0.5) is 0 Å². The number of amides is 1. The molecule has 2 N–H and O–H groups in total. The molecule has 0 aromatic heterocycles. The lowest BCUT2D eigenvalue weighted by Crippen LogP contribution is -2.37. The summed E-state index contributed by atoms with van der Waals surface area (Å²) in [6, 6.07) is 12.9. The van der Waals surface area contributed by atoms with Crippen LogP contribution in [0.2, 0.25) is 0 Å². The first-order chi connectivity index (χ1) is 9.63. The zero-order valence-electron chi connectivity index (χ0n) is 11.0. The summed E-state index contributed by atoms with van der Waals surface area (Å²) in [5.74, 6) is -1.42. The van der Waals surface area contributed by atoms with Crippen molar-refractivity contribution in [1.82, 2.24) is 5.32 Å². The second-order valence-electron chi connectivity index (χ2n) is 4.30. The first-order valence-electron chi connectivity index (χ1n) is 6.15. The summed E-state index contributed by atoms with van der Waals surface area (Å²) in [4.78, 5) is 23.0. The molecular weight excluding hydrogens is 258 g/mol. The highest BCUT2D eigenvalue weighted by Gasteiger charge is 2.18. The normalized spacial score (nSPS) is 12.1. The molecule has 0 heterocycles. The second-order valence-corrected chi connectivity index (χ2v) is 4.30. The van der Waals surface area contributed by atoms with Crippen LogP contribution in [0.1, 0.15) is 10.4 Å². The molecule has 1 amide bonds. The molecule has 0 aliphatic carbocycles. The summed E-state index contributed by atoms with van der Waals surface area (Å²) in [5.41, 5.74) is 0.517. The average molecular weight is 273 g/mol. The van der Waals surface area contributed by atoms with Gasteiger partial charge in [0.25, 0.3) is 5.91 Å². The maximum atomic E-state index is 12.1. The minimum Gasteiger partial charge on any atom is -0.479 e. The number of hydrogen-bond acceptors (Lipinski definition) is 3. The van der Waals surface area contributed by atoms with Crippen molar-refractivity contribution in [3.63, 3.8) is 0 Å². The summed E-state index contributed by atoms with van der Waals surface area (Å²) in [7, 11) is 1.29. The highest BCUT2D eigenvalue weighted by molar-refractivity contribution is 6.07. The summed E-state index contributed by atoms with van der Waals surface area (Å²) < 4.78 is 4.77. The van der Waals surface area contributed by atoms with Gasteiger partial charge >= 0.3 is 5.97 Å². The van der Waals surface area contributed by atoms with Crippen LogP contribution in [0.3, 0.4) is 0 Å². The van der Waals surface area contributed by atoms with Gasteiger partial charge in [-0.2, -0.15) is 0 Å². The van der Waals surface area contributed by atoms with Crippen molar-refractivity contribution in [3.05, 3.63) is 48.0 Å². The van der Waals surface area contributed by atoms with Gasteiger partial charge in [-0.1, -0.05) is 36.4 Å². The molecule has 0 aliphatic rings. The van der Waals surface area contributed by atoms with E-state index in [0.29, 0.717) is 5.56 Å². The van der Waals surface area contributed by atoms with Gasteiger partial charge in [0.05, 0.1) is 6.54 Å². The van der Waals surface area contributed by atoms with Crippen molar-refractivity contribution in [2.24, 2.45) is 0 Å². The van der Waals surface area contributed by atoms with Crippen LogP contribution in [0.5, 0.6) is 0 Å². The van der Waals surface area contributed by atoms with Crippen molar-refractivity contribution in [2.75, 3.05) is 13.7 Å². The molecular formula is C15H15NO4. The van der Waals surface area contributed by atoms with Crippen molar-refractivity contribution < 1.29 is 19.4 Å². The Labute approximate surface area is 116 Å². The van der Waals surface area contributed by atoms with Crippen molar-refractivity contribution in [3.8, 4) is 0 Å². The number of benzene rings is 2. The molecule has 2 aromatic carbocycles. The Morgan fingerprint density at radius 2 is 1.90 bits per heavy atom. The molecule has 1 atom stereocenters. The van der Waals surface area contributed by atoms with Crippen molar-refractivity contribution in [2.45, 2.75) is 6.10 Å². The Morgan fingerprint density at radius 3 is 2.60 bits per heavy atom. The lowest BCUT2D eigenvalue weighted by molar-refractivity contribution is -0.148. The largest absolute Gasteiger partial charge is 0.479 e. The Balaban J connectivity index is 2.18. The van der Waals surface area contributed by atoms with Crippen LogP contribution < -0.4 is 5.32 Å². The van der Waals surface area contributed by atoms with Crippen LogP contribution in [0.15, 0.2) is 42.5 Å². The minimum absolute atomic E-state index is 0.0755. The molecule has 0 bridgehead atoms. The quantitative estimate of drug-likeness (QED) is 0.869. The summed E-state index contributed by atoms with van der Waals surface area (Å²) in [6.45, 7) is -0.0755. The minimum atomic E-state index is -1.11. The molecule has 1 unspecified atom stereocenters. The van der Waals surface area contributed by atoms with Gasteiger partial charge in [0.15, 0.2) is 6.10 Å². The Kier molecular flexibility index (Phi) is 4.32. The summed E-state index contributed by atoms with van der Waals surface area (Å²) in [5, 5.41) is 13.2. The molecule has 0 radical (unpaired) electrons. The maximum Gasteiger partial charge on any atom is 0.334 e. The highest BCUT2D eigenvalue weighted by Crippen LogP contribution is 2.18. The van der Waals surface area contributed by atoms with Crippen LogP contribution >= 0.6 is 0 Å².